The second-order valence-electron chi connectivity index (χ2n) is 9.42. The summed E-state index contributed by atoms with van der Waals surface area (Å²) >= 11 is 1.85. The first-order valence-electron chi connectivity index (χ1n) is 12.8. The van der Waals surface area contributed by atoms with E-state index in [-0.39, 0.29) is 48.5 Å². The van der Waals surface area contributed by atoms with Crippen molar-refractivity contribution in [1.29, 1.82) is 0 Å². The third-order valence-electron chi connectivity index (χ3n) is 6.95. The van der Waals surface area contributed by atoms with E-state index in [1.54, 1.807) is 0 Å². The van der Waals surface area contributed by atoms with Crippen molar-refractivity contribution < 1.29 is 13.5 Å². The van der Waals surface area contributed by atoms with E-state index in [0.717, 1.165) is 69.0 Å². The Bertz CT molecular complexity index is 991. The second kappa shape index (κ2) is 17.1. The molecule has 3 aromatic carbocycles. The van der Waals surface area contributed by atoms with Crippen LogP contribution in [0.2, 0.25) is 0 Å². The summed E-state index contributed by atoms with van der Waals surface area (Å²) in [5.74, 6) is 0.624. The first-order chi connectivity index (χ1) is 17.6. The van der Waals surface area contributed by atoms with Gasteiger partial charge in [-0.2, -0.15) is 0 Å². The topological polar surface area (TPSA) is 15.7 Å². The van der Waals surface area contributed by atoms with Crippen molar-refractivity contribution in [2.75, 3.05) is 52.1 Å². The molecule has 0 radical (unpaired) electrons. The number of rotatable bonds is 12. The molecular weight excluding hydrogens is 545 g/mol. The van der Waals surface area contributed by atoms with Gasteiger partial charge in [0.25, 0.3) is 0 Å². The van der Waals surface area contributed by atoms with Gasteiger partial charge in [-0.3, -0.25) is 4.90 Å². The molecule has 1 aliphatic rings. The minimum atomic E-state index is -0.233. The number of thioether (sulfide) groups is 1. The molecule has 1 atom stereocenters. The first-order valence-corrected chi connectivity index (χ1v) is 13.8. The summed E-state index contributed by atoms with van der Waals surface area (Å²) in [5, 5.41) is 0. The molecule has 4 rings (SSSR count). The van der Waals surface area contributed by atoms with Crippen molar-refractivity contribution in [2.45, 2.75) is 29.8 Å². The summed E-state index contributed by atoms with van der Waals surface area (Å²) in [5.41, 5.74) is 2.15. The van der Waals surface area contributed by atoms with Gasteiger partial charge in [-0.15, -0.1) is 36.6 Å². The van der Waals surface area contributed by atoms with Crippen LogP contribution in [-0.4, -0.2) is 68.0 Å². The molecule has 0 saturated carbocycles. The zero-order chi connectivity index (χ0) is 25.2. The van der Waals surface area contributed by atoms with Crippen LogP contribution in [0.4, 0.5) is 8.78 Å². The summed E-state index contributed by atoms with van der Waals surface area (Å²) < 4.78 is 32.7. The van der Waals surface area contributed by atoms with Gasteiger partial charge in [0.15, 0.2) is 0 Å². The van der Waals surface area contributed by atoms with Gasteiger partial charge in [-0.25, -0.2) is 8.78 Å². The Labute approximate surface area is 242 Å². The van der Waals surface area contributed by atoms with Crippen molar-refractivity contribution in [3.05, 3.63) is 102 Å². The number of ether oxygens (including phenoxy) is 1. The second-order valence-corrected chi connectivity index (χ2v) is 10.5. The molecule has 0 N–H and O–H groups in total. The molecule has 3 nitrogen and oxygen atoms in total. The van der Waals surface area contributed by atoms with Gasteiger partial charge < -0.3 is 9.64 Å². The molecule has 8 heteroatoms. The van der Waals surface area contributed by atoms with Crippen molar-refractivity contribution in [1.82, 2.24) is 9.80 Å². The zero-order valence-corrected chi connectivity index (χ0v) is 24.3. The van der Waals surface area contributed by atoms with Crippen LogP contribution in [0.15, 0.2) is 83.8 Å². The van der Waals surface area contributed by atoms with E-state index in [1.165, 1.54) is 29.2 Å². The predicted octanol–water partition coefficient (Wildman–Crippen LogP) is 7.15. The van der Waals surface area contributed by atoms with E-state index in [1.807, 2.05) is 49.2 Å². The highest BCUT2D eigenvalue weighted by Gasteiger charge is 2.21. The maximum Gasteiger partial charge on any atom is 0.123 e. The highest BCUT2D eigenvalue weighted by molar-refractivity contribution is 7.99. The quantitative estimate of drug-likeness (QED) is 0.211. The van der Waals surface area contributed by atoms with Crippen LogP contribution < -0.4 is 0 Å². The fourth-order valence-electron chi connectivity index (χ4n) is 4.82. The largest absolute Gasteiger partial charge is 0.379 e. The SMILES string of the molecule is COC(CSc1ccccc1)CN1CCN(CCCC(c2ccc(F)cc2)c2ccc(F)cc2)CC1.Cl.Cl. The van der Waals surface area contributed by atoms with Crippen molar-refractivity contribution in [3.8, 4) is 0 Å². The Hall–Kier alpha value is -1.67. The lowest BCUT2D eigenvalue weighted by Crippen LogP contribution is -2.49. The minimum Gasteiger partial charge on any atom is -0.379 e. The van der Waals surface area contributed by atoms with E-state index in [2.05, 4.69) is 34.1 Å². The van der Waals surface area contributed by atoms with Crippen LogP contribution in [-0.2, 0) is 4.74 Å². The summed E-state index contributed by atoms with van der Waals surface area (Å²) in [4.78, 5) is 6.32. The Morgan fingerprint density at radius 1 is 0.763 bits per heavy atom. The molecule has 38 heavy (non-hydrogen) atoms. The van der Waals surface area contributed by atoms with E-state index in [4.69, 9.17) is 4.74 Å². The van der Waals surface area contributed by atoms with Gasteiger partial charge in [0.05, 0.1) is 6.10 Å². The van der Waals surface area contributed by atoms with Gasteiger partial charge >= 0.3 is 0 Å². The van der Waals surface area contributed by atoms with Crippen LogP contribution in [0.3, 0.4) is 0 Å². The van der Waals surface area contributed by atoms with Gasteiger partial charge in [0, 0.05) is 56.4 Å². The Kier molecular flexibility index (Phi) is 14.7. The lowest BCUT2D eigenvalue weighted by molar-refractivity contribution is 0.0545. The van der Waals surface area contributed by atoms with Crippen molar-refractivity contribution in [3.63, 3.8) is 0 Å². The zero-order valence-electron chi connectivity index (χ0n) is 21.8. The molecule has 0 spiro atoms. The normalized spacial score (nSPS) is 15.1. The predicted molar refractivity (Wildman–Crippen MR) is 159 cm³/mol. The van der Waals surface area contributed by atoms with E-state index in [9.17, 15) is 8.78 Å². The smallest absolute Gasteiger partial charge is 0.123 e. The molecular formula is C30H38Cl2F2N2OS. The van der Waals surface area contributed by atoms with Gasteiger partial charge in [0.2, 0.25) is 0 Å². The molecule has 208 valence electrons. The van der Waals surface area contributed by atoms with Gasteiger partial charge in [0.1, 0.15) is 11.6 Å². The van der Waals surface area contributed by atoms with Crippen LogP contribution in [0.5, 0.6) is 0 Å². The maximum atomic E-state index is 13.5. The highest BCUT2D eigenvalue weighted by Crippen LogP contribution is 2.30. The minimum absolute atomic E-state index is 0. The first kappa shape index (κ1) is 32.5. The third-order valence-corrected chi connectivity index (χ3v) is 8.10. The molecule has 3 aromatic rings. The van der Waals surface area contributed by atoms with Crippen molar-refractivity contribution in [2.24, 2.45) is 0 Å². The average molecular weight is 584 g/mol. The van der Waals surface area contributed by atoms with Crippen LogP contribution in [0, 0.1) is 11.6 Å². The van der Waals surface area contributed by atoms with E-state index in [0.29, 0.717) is 0 Å². The molecule has 1 aliphatic heterocycles. The van der Waals surface area contributed by atoms with Crippen molar-refractivity contribution >= 4 is 36.6 Å². The fourth-order valence-corrected chi connectivity index (χ4v) is 5.79. The fraction of sp³-hybridized carbons (Fsp3) is 0.400. The molecule has 0 amide bonds. The number of benzene rings is 3. The lowest BCUT2D eigenvalue weighted by Gasteiger charge is -2.36. The third kappa shape index (κ3) is 10.1. The van der Waals surface area contributed by atoms with Crippen LogP contribution >= 0.6 is 36.6 Å². The molecule has 1 heterocycles. The molecule has 1 saturated heterocycles. The lowest BCUT2D eigenvalue weighted by atomic mass is 9.87. The summed E-state index contributed by atoms with van der Waals surface area (Å²) in [6, 6.07) is 23.9. The maximum absolute atomic E-state index is 13.5. The van der Waals surface area contributed by atoms with E-state index >= 15 is 0 Å². The number of hydrogen-bond donors (Lipinski definition) is 0. The number of hydrogen-bond acceptors (Lipinski definition) is 4. The number of nitrogens with zero attached hydrogens (tertiary/aromatic N) is 2. The van der Waals surface area contributed by atoms with Gasteiger partial charge in [-0.1, -0.05) is 42.5 Å². The van der Waals surface area contributed by atoms with Crippen LogP contribution in [0.25, 0.3) is 0 Å². The average Bonchev–Trinajstić information content (AvgIpc) is 2.92. The number of piperazine rings is 1. The highest BCUT2D eigenvalue weighted by atomic mass is 35.5. The van der Waals surface area contributed by atoms with E-state index < -0.39 is 0 Å². The number of halogens is 4. The Balaban J connectivity index is 0.00000253. The summed E-state index contributed by atoms with van der Waals surface area (Å²) in [6.45, 7) is 6.20. The molecule has 0 aliphatic carbocycles. The monoisotopic (exact) mass is 582 g/mol. The Morgan fingerprint density at radius 2 is 1.29 bits per heavy atom. The standard InChI is InChI=1S/C30H36F2N2OS.2ClH/c1-35-28(23-36-29-6-3-2-4-7-29)22-34-20-18-33(19-21-34)17-5-8-30(24-9-13-26(31)14-10-24)25-11-15-27(32)16-12-25;;/h2-4,6-7,9-16,28,30H,5,8,17-23H2,1H3;2*1H. The Morgan fingerprint density at radius 3 is 1.82 bits per heavy atom. The summed E-state index contributed by atoms with van der Waals surface area (Å²) in [6.07, 6.45) is 2.20. The molecule has 0 aromatic heterocycles. The molecule has 0 bridgehead atoms. The summed E-state index contributed by atoms with van der Waals surface area (Å²) in [7, 11) is 1.81. The molecule has 1 unspecified atom stereocenters. The van der Waals surface area contributed by atoms with Crippen LogP contribution in [0.1, 0.15) is 29.9 Å². The number of methoxy groups -OCH3 is 1. The van der Waals surface area contributed by atoms with Gasteiger partial charge in [-0.05, 0) is 66.9 Å². The molecule has 1 fully saturated rings.